The van der Waals surface area contributed by atoms with Crippen molar-refractivity contribution in [3.63, 3.8) is 0 Å². The van der Waals surface area contributed by atoms with Crippen LogP contribution in [-0.2, 0) is 29.8 Å². The predicted octanol–water partition coefficient (Wildman–Crippen LogP) is 5.33. The lowest BCUT2D eigenvalue weighted by Crippen LogP contribution is -2.44. The molecule has 2 aromatic carbocycles. The summed E-state index contributed by atoms with van der Waals surface area (Å²) in [7, 11) is -3.19. The molecule has 1 atom stereocenters. The number of anilines is 1. The molecule has 0 fully saturated rings. The third kappa shape index (κ3) is 11.1. The Kier molecular flexibility index (Phi) is 12.0. The van der Waals surface area contributed by atoms with Gasteiger partial charge in [0.05, 0.1) is 30.9 Å². The zero-order valence-electron chi connectivity index (χ0n) is 23.8. The molecule has 1 aromatic heterocycles. The van der Waals surface area contributed by atoms with Crippen LogP contribution in [0.15, 0.2) is 48.7 Å². The van der Waals surface area contributed by atoms with Crippen LogP contribution in [0.25, 0.3) is 10.8 Å². The fourth-order valence-corrected chi connectivity index (χ4v) is 4.64. The largest absolute Gasteiger partial charge is 0.469 e. The van der Waals surface area contributed by atoms with Crippen LogP contribution >= 0.6 is 19.4 Å². The van der Waals surface area contributed by atoms with E-state index in [1.807, 2.05) is 0 Å². The highest BCUT2D eigenvalue weighted by molar-refractivity contribution is 7.46. The Bertz CT molecular complexity index is 1490. The molecule has 234 valence electrons. The van der Waals surface area contributed by atoms with Crippen LogP contribution in [0.5, 0.6) is 0 Å². The van der Waals surface area contributed by atoms with Crippen LogP contribution in [0, 0.1) is 17.0 Å². The number of phosphoric ester groups is 1. The number of pyridine rings is 1. The van der Waals surface area contributed by atoms with E-state index in [4.69, 9.17) is 30.9 Å². The van der Waals surface area contributed by atoms with Crippen molar-refractivity contribution in [2.45, 2.75) is 32.7 Å². The first-order valence-electron chi connectivity index (χ1n) is 13.1. The van der Waals surface area contributed by atoms with Crippen molar-refractivity contribution in [1.82, 2.24) is 9.88 Å². The van der Waals surface area contributed by atoms with E-state index in [9.17, 15) is 22.9 Å². The van der Waals surface area contributed by atoms with Gasteiger partial charge in [-0.3, -0.25) is 14.6 Å². The second-order valence-corrected chi connectivity index (χ2v) is 12.2. The average Bonchev–Trinajstić information content (AvgIpc) is 2.93. The number of nitrogens with zero attached hydrogens (tertiary/aromatic N) is 2. The van der Waals surface area contributed by atoms with Crippen LogP contribution in [0.1, 0.15) is 25.8 Å². The molecule has 0 saturated heterocycles. The van der Waals surface area contributed by atoms with E-state index in [0.717, 1.165) is 0 Å². The Morgan fingerprint density at radius 2 is 1.86 bits per heavy atom. The van der Waals surface area contributed by atoms with E-state index in [2.05, 4.69) is 14.8 Å². The summed E-state index contributed by atoms with van der Waals surface area (Å²) in [6.07, 6.45) is 0.726. The topological polar surface area (TPSA) is 148 Å². The van der Waals surface area contributed by atoms with E-state index in [1.54, 1.807) is 26.0 Å². The number of hydrogen-bond acceptors (Lipinski definition) is 7. The molecular weight excluding hydrogens is 611 g/mol. The summed E-state index contributed by atoms with van der Waals surface area (Å²) in [5.41, 5.74) is -0.344. The third-order valence-electron chi connectivity index (χ3n) is 6.33. The molecule has 0 aliphatic heterocycles. The van der Waals surface area contributed by atoms with Gasteiger partial charge in [0.15, 0.2) is 0 Å². The molecule has 2 amide bonds. The van der Waals surface area contributed by atoms with Crippen molar-refractivity contribution in [1.29, 1.82) is 0 Å². The molecule has 11 nitrogen and oxygen atoms in total. The Hall–Kier alpha value is -3.19. The van der Waals surface area contributed by atoms with E-state index in [0.29, 0.717) is 16.3 Å². The molecule has 0 aliphatic rings. The number of halogens is 3. The maximum atomic E-state index is 13.8. The Labute approximate surface area is 252 Å². The highest BCUT2D eigenvalue weighted by Crippen LogP contribution is 2.38. The highest BCUT2D eigenvalue weighted by Gasteiger charge is 2.27. The van der Waals surface area contributed by atoms with Gasteiger partial charge < -0.3 is 24.2 Å². The van der Waals surface area contributed by atoms with Gasteiger partial charge in [-0.05, 0) is 47.7 Å². The third-order valence-corrected chi connectivity index (χ3v) is 7.22. The molecule has 0 saturated carbocycles. The maximum absolute atomic E-state index is 13.8. The monoisotopic (exact) mass is 643 g/mol. The molecule has 3 rings (SSSR count). The van der Waals surface area contributed by atoms with Gasteiger partial charge in [-0.2, -0.15) is 0 Å². The van der Waals surface area contributed by atoms with Gasteiger partial charge in [-0.1, -0.05) is 37.6 Å². The Morgan fingerprint density at radius 3 is 2.58 bits per heavy atom. The van der Waals surface area contributed by atoms with Gasteiger partial charge in [-0.25, -0.2) is 23.1 Å². The molecule has 0 spiro atoms. The number of nitrogens with one attached hydrogen (secondary N) is 1. The van der Waals surface area contributed by atoms with E-state index < -0.39 is 37.0 Å². The SMILES string of the molecule is CN(C(=O)CCc1cccc(F)c1Cl)[C@@H](COCC(C)(C)COP(=O)(O)O)COC(=O)Nc1cc2cc(F)ccc2cn1. The number of hydrogen-bond donors (Lipinski definition) is 3. The average molecular weight is 644 g/mol. The molecule has 0 radical (unpaired) electrons. The fourth-order valence-electron chi connectivity index (χ4n) is 3.90. The summed E-state index contributed by atoms with van der Waals surface area (Å²) in [5, 5.41) is 3.59. The van der Waals surface area contributed by atoms with Crippen molar-refractivity contribution >= 4 is 48.0 Å². The van der Waals surface area contributed by atoms with Crippen molar-refractivity contribution in [3.8, 4) is 0 Å². The van der Waals surface area contributed by atoms with Crippen molar-refractivity contribution in [3.05, 3.63) is 70.9 Å². The fraction of sp³-hybridized carbons (Fsp3) is 0.393. The van der Waals surface area contributed by atoms with Crippen LogP contribution < -0.4 is 5.32 Å². The first-order valence-corrected chi connectivity index (χ1v) is 15.0. The minimum Gasteiger partial charge on any atom is -0.447 e. The molecule has 3 aromatic rings. The number of phosphoric acid groups is 1. The normalized spacial score (nSPS) is 12.7. The quantitative estimate of drug-likeness (QED) is 0.198. The number of likely N-dealkylation sites (N-methyl/N-ethyl adjacent to an activating group) is 1. The lowest BCUT2D eigenvalue weighted by Gasteiger charge is -2.30. The number of benzene rings is 2. The summed E-state index contributed by atoms with van der Waals surface area (Å²) in [5.74, 6) is -1.28. The summed E-state index contributed by atoms with van der Waals surface area (Å²) >= 11 is 6.01. The van der Waals surface area contributed by atoms with Crippen LogP contribution in [0.4, 0.5) is 19.4 Å². The van der Waals surface area contributed by atoms with Gasteiger partial charge in [-0.15, -0.1) is 0 Å². The number of carbonyl (C=O) groups excluding carboxylic acids is 2. The Morgan fingerprint density at radius 1 is 1.12 bits per heavy atom. The number of aryl methyl sites for hydroxylation is 1. The molecule has 1 heterocycles. The molecule has 43 heavy (non-hydrogen) atoms. The van der Waals surface area contributed by atoms with Gasteiger partial charge >= 0.3 is 13.9 Å². The highest BCUT2D eigenvalue weighted by atomic mass is 35.5. The first kappa shape index (κ1) is 34.3. The number of fused-ring (bicyclic) bond motifs is 1. The van der Waals surface area contributed by atoms with Crippen molar-refractivity contribution in [2.75, 3.05) is 38.8 Å². The van der Waals surface area contributed by atoms with Gasteiger partial charge in [0.25, 0.3) is 0 Å². The van der Waals surface area contributed by atoms with Crippen molar-refractivity contribution in [2.24, 2.45) is 5.41 Å². The summed E-state index contributed by atoms with van der Waals surface area (Å²) in [6.45, 7) is 2.63. The number of rotatable bonds is 14. The summed E-state index contributed by atoms with van der Waals surface area (Å²) in [6, 6.07) is 9.17. The minimum atomic E-state index is -4.68. The number of amides is 2. The van der Waals surface area contributed by atoms with Gasteiger partial charge in [0, 0.05) is 30.5 Å². The molecular formula is C28H33ClF2N3O8P. The first-order chi connectivity index (χ1) is 20.1. The second-order valence-electron chi connectivity index (χ2n) is 10.6. The minimum absolute atomic E-state index is 0.00576. The van der Waals surface area contributed by atoms with Crippen molar-refractivity contribution < 1.29 is 46.7 Å². The van der Waals surface area contributed by atoms with Crippen LogP contribution in [0.3, 0.4) is 0 Å². The zero-order valence-corrected chi connectivity index (χ0v) is 25.4. The Balaban J connectivity index is 1.64. The summed E-state index contributed by atoms with van der Waals surface area (Å²) in [4.78, 5) is 49.0. The van der Waals surface area contributed by atoms with E-state index in [-0.39, 0.29) is 56.0 Å². The molecule has 3 N–H and O–H groups in total. The lowest BCUT2D eigenvalue weighted by molar-refractivity contribution is -0.134. The maximum Gasteiger partial charge on any atom is 0.469 e. The standard InChI is InChI=1S/C28H33ClF2N3O8P/c1-28(2,17-42-43(37,38)39)16-40-14-22(34(3)25(35)10-8-18-5-4-6-23(31)26(18)29)15-41-27(36)33-24-12-20-11-21(30)9-7-19(20)13-32-24/h4-7,9,11-13,22H,8,10,14-17H2,1-3H3,(H,32,33,36)(H2,37,38,39)/t22-/m0/s1. The van der Waals surface area contributed by atoms with Crippen LogP contribution in [0.2, 0.25) is 5.02 Å². The molecule has 0 unspecified atom stereocenters. The van der Waals surface area contributed by atoms with Crippen LogP contribution in [-0.4, -0.2) is 71.2 Å². The molecule has 0 bridgehead atoms. The zero-order chi connectivity index (χ0) is 31.8. The van der Waals surface area contributed by atoms with Gasteiger partial charge in [0.2, 0.25) is 5.91 Å². The molecule has 0 aliphatic carbocycles. The van der Waals surface area contributed by atoms with E-state index >= 15 is 0 Å². The second kappa shape index (κ2) is 15.0. The predicted molar refractivity (Wildman–Crippen MR) is 156 cm³/mol. The lowest BCUT2D eigenvalue weighted by atomic mass is 9.96. The molecule has 15 heteroatoms. The van der Waals surface area contributed by atoms with Gasteiger partial charge in [0.1, 0.15) is 24.1 Å². The number of aromatic nitrogens is 1. The number of carbonyl (C=O) groups is 2. The van der Waals surface area contributed by atoms with E-state index in [1.165, 1.54) is 48.5 Å². The number of ether oxygens (including phenoxy) is 2. The summed E-state index contributed by atoms with van der Waals surface area (Å²) < 4.78 is 54.1. The smallest absolute Gasteiger partial charge is 0.447 e.